The minimum absolute atomic E-state index is 0.0642. The summed E-state index contributed by atoms with van der Waals surface area (Å²) >= 11 is 12.4. The van der Waals surface area contributed by atoms with Crippen LogP contribution in [0.4, 0.5) is 0 Å². The van der Waals surface area contributed by atoms with Crippen molar-refractivity contribution in [2.45, 2.75) is 49.5 Å². The zero-order chi connectivity index (χ0) is 18.9. The van der Waals surface area contributed by atoms with Gasteiger partial charge in [0.05, 0.1) is 6.07 Å². The first kappa shape index (κ1) is 18.8. The predicted octanol–water partition coefficient (Wildman–Crippen LogP) is 6.09. The van der Waals surface area contributed by atoms with E-state index in [-0.39, 0.29) is 12.0 Å². The molecule has 0 unspecified atom stereocenters. The number of nitriles is 1. The largest absolute Gasteiger partial charge is 0.311 e. The van der Waals surface area contributed by atoms with E-state index in [1.165, 1.54) is 32.1 Å². The minimum Gasteiger partial charge on any atom is -0.311 e. The van der Waals surface area contributed by atoms with Crippen LogP contribution in [0.5, 0.6) is 0 Å². The van der Waals surface area contributed by atoms with Crippen LogP contribution in [0.25, 0.3) is 0 Å². The Morgan fingerprint density at radius 3 is 2.37 bits per heavy atom. The second kappa shape index (κ2) is 7.84. The summed E-state index contributed by atoms with van der Waals surface area (Å²) in [4.78, 5) is 0. The summed E-state index contributed by atoms with van der Waals surface area (Å²) in [5.41, 5.74) is 1.57. The van der Waals surface area contributed by atoms with Crippen LogP contribution < -0.4 is 5.32 Å². The highest BCUT2D eigenvalue weighted by Gasteiger charge is 2.55. The van der Waals surface area contributed by atoms with Gasteiger partial charge >= 0.3 is 0 Å². The van der Waals surface area contributed by atoms with Crippen LogP contribution in [0, 0.1) is 17.2 Å². The molecule has 0 spiro atoms. The van der Waals surface area contributed by atoms with Crippen molar-refractivity contribution in [2.24, 2.45) is 5.92 Å². The van der Waals surface area contributed by atoms with E-state index in [4.69, 9.17) is 23.2 Å². The van der Waals surface area contributed by atoms with Crippen LogP contribution >= 0.6 is 23.2 Å². The molecule has 4 heteroatoms. The third-order valence-corrected chi connectivity index (χ3v) is 6.95. The molecule has 2 aromatic carbocycles. The third kappa shape index (κ3) is 3.38. The van der Waals surface area contributed by atoms with Gasteiger partial charge in [0.1, 0.15) is 5.41 Å². The third-order valence-electron chi connectivity index (χ3n) is 6.46. The maximum atomic E-state index is 10.6. The lowest BCUT2D eigenvalue weighted by Crippen LogP contribution is -2.47. The van der Waals surface area contributed by atoms with Crippen LogP contribution in [0.1, 0.15) is 49.1 Å². The van der Waals surface area contributed by atoms with Crippen molar-refractivity contribution in [1.29, 1.82) is 5.26 Å². The van der Waals surface area contributed by atoms with E-state index in [9.17, 15) is 5.26 Å². The molecule has 1 N–H and O–H groups in total. The lowest BCUT2D eigenvalue weighted by Gasteiger charge is -2.39. The van der Waals surface area contributed by atoms with Crippen molar-refractivity contribution >= 4 is 23.2 Å². The number of hydrogen-bond donors (Lipinski definition) is 1. The van der Waals surface area contributed by atoms with Gasteiger partial charge in [0.2, 0.25) is 0 Å². The maximum absolute atomic E-state index is 10.6. The van der Waals surface area contributed by atoms with Crippen LogP contribution in [-0.2, 0) is 5.41 Å². The van der Waals surface area contributed by atoms with Crippen molar-refractivity contribution in [1.82, 2.24) is 5.32 Å². The average molecular weight is 399 g/mol. The standard InChI is InChI=1S/C23H24Cl2N2/c24-19-11-9-18(10-12-19)23(15-26)21(17-7-4-8-20(25)13-17)14-27-22(23)16-5-2-1-3-6-16/h4,7-13,16,21-22,27H,1-3,5-6,14H2/t21-,22+,23-/m1/s1. The van der Waals surface area contributed by atoms with Gasteiger partial charge in [-0.05, 0) is 54.2 Å². The molecule has 27 heavy (non-hydrogen) atoms. The fraction of sp³-hybridized carbons (Fsp3) is 0.435. The van der Waals surface area contributed by atoms with Crippen molar-refractivity contribution < 1.29 is 0 Å². The second-order valence-electron chi connectivity index (χ2n) is 7.88. The van der Waals surface area contributed by atoms with Gasteiger partial charge in [-0.25, -0.2) is 0 Å². The number of nitrogens with zero attached hydrogens (tertiary/aromatic N) is 1. The van der Waals surface area contributed by atoms with E-state index in [2.05, 4.69) is 17.5 Å². The summed E-state index contributed by atoms with van der Waals surface area (Å²) in [6, 6.07) is 18.8. The summed E-state index contributed by atoms with van der Waals surface area (Å²) < 4.78 is 0. The summed E-state index contributed by atoms with van der Waals surface area (Å²) in [7, 11) is 0. The van der Waals surface area contributed by atoms with Gasteiger partial charge in [0.15, 0.2) is 0 Å². The molecule has 1 saturated carbocycles. The van der Waals surface area contributed by atoms with E-state index in [0.29, 0.717) is 10.9 Å². The molecule has 4 rings (SSSR count). The molecule has 0 bridgehead atoms. The molecular weight excluding hydrogens is 375 g/mol. The molecule has 140 valence electrons. The van der Waals surface area contributed by atoms with Gasteiger partial charge in [0.25, 0.3) is 0 Å². The molecule has 1 heterocycles. The molecule has 1 aliphatic carbocycles. The highest BCUT2D eigenvalue weighted by molar-refractivity contribution is 6.30. The average Bonchev–Trinajstić information content (AvgIpc) is 3.09. The zero-order valence-corrected chi connectivity index (χ0v) is 16.8. The van der Waals surface area contributed by atoms with E-state index < -0.39 is 5.41 Å². The predicted molar refractivity (Wildman–Crippen MR) is 111 cm³/mol. The quantitative estimate of drug-likeness (QED) is 0.678. The van der Waals surface area contributed by atoms with Gasteiger partial charge in [-0.2, -0.15) is 5.26 Å². The molecule has 0 aromatic heterocycles. The Kier molecular flexibility index (Phi) is 5.46. The van der Waals surface area contributed by atoms with E-state index in [1.54, 1.807) is 0 Å². The highest BCUT2D eigenvalue weighted by Crippen LogP contribution is 2.50. The normalized spacial score (nSPS) is 28.8. The number of nitrogens with one attached hydrogen (secondary N) is 1. The molecule has 3 atom stereocenters. The zero-order valence-electron chi connectivity index (χ0n) is 15.3. The number of benzene rings is 2. The fourth-order valence-electron chi connectivity index (χ4n) is 5.21. The maximum Gasteiger partial charge on any atom is 0.106 e. The highest BCUT2D eigenvalue weighted by atomic mass is 35.5. The van der Waals surface area contributed by atoms with Gasteiger partial charge in [-0.3, -0.25) is 0 Å². The second-order valence-corrected chi connectivity index (χ2v) is 8.75. The van der Waals surface area contributed by atoms with Crippen molar-refractivity contribution in [3.05, 3.63) is 69.7 Å². The van der Waals surface area contributed by atoms with Crippen LogP contribution in [0.15, 0.2) is 48.5 Å². The minimum atomic E-state index is -0.614. The first-order valence-corrected chi connectivity index (χ1v) is 10.6. The Hall–Kier alpha value is -1.53. The van der Waals surface area contributed by atoms with Crippen LogP contribution in [-0.4, -0.2) is 12.6 Å². The Morgan fingerprint density at radius 2 is 1.70 bits per heavy atom. The summed E-state index contributed by atoms with van der Waals surface area (Å²) in [5.74, 6) is 0.590. The number of halogens is 2. The van der Waals surface area contributed by atoms with Gasteiger partial charge < -0.3 is 5.32 Å². The lowest BCUT2D eigenvalue weighted by atomic mass is 9.62. The van der Waals surface area contributed by atoms with Crippen molar-refractivity contribution in [3.8, 4) is 6.07 Å². The topological polar surface area (TPSA) is 35.8 Å². The first-order valence-electron chi connectivity index (χ1n) is 9.81. The molecule has 2 aliphatic rings. The molecule has 1 saturated heterocycles. The first-order chi connectivity index (χ1) is 13.1. The van der Waals surface area contributed by atoms with Crippen molar-refractivity contribution in [2.75, 3.05) is 6.54 Å². The molecule has 2 aromatic rings. The fourth-order valence-corrected chi connectivity index (χ4v) is 5.54. The summed E-state index contributed by atoms with van der Waals surface area (Å²) in [5, 5.41) is 15.8. The molecule has 1 aliphatic heterocycles. The Labute approximate surface area is 171 Å². The molecule has 2 fully saturated rings. The van der Waals surface area contributed by atoms with Gasteiger partial charge in [-0.15, -0.1) is 0 Å². The number of rotatable bonds is 3. The smallest absolute Gasteiger partial charge is 0.106 e. The van der Waals surface area contributed by atoms with Crippen LogP contribution in [0.3, 0.4) is 0 Å². The van der Waals surface area contributed by atoms with E-state index in [0.717, 1.165) is 22.7 Å². The van der Waals surface area contributed by atoms with Gasteiger partial charge in [0, 0.05) is 28.5 Å². The Morgan fingerprint density at radius 1 is 0.963 bits per heavy atom. The lowest BCUT2D eigenvalue weighted by molar-refractivity contribution is 0.242. The molecule has 0 amide bonds. The van der Waals surface area contributed by atoms with E-state index >= 15 is 0 Å². The molecule has 2 nitrogen and oxygen atoms in total. The van der Waals surface area contributed by atoms with Crippen LogP contribution in [0.2, 0.25) is 10.0 Å². The monoisotopic (exact) mass is 398 g/mol. The van der Waals surface area contributed by atoms with Gasteiger partial charge in [-0.1, -0.05) is 66.7 Å². The SMILES string of the molecule is N#C[C@@]1(c2ccc(Cl)cc2)[C@@H](c2cccc(Cl)c2)CN[C@H]1C1CCCCC1. The Bertz CT molecular complexity index is 836. The van der Waals surface area contributed by atoms with Crippen molar-refractivity contribution in [3.63, 3.8) is 0 Å². The molecule has 0 radical (unpaired) electrons. The van der Waals surface area contributed by atoms with E-state index in [1.807, 2.05) is 42.5 Å². The summed E-state index contributed by atoms with van der Waals surface area (Å²) in [6.07, 6.45) is 6.20. The molecular formula is C23H24Cl2N2. The number of hydrogen-bond acceptors (Lipinski definition) is 2. The Balaban J connectivity index is 1.83. The summed E-state index contributed by atoms with van der Waals surface area (Å²) in [6.45, 7) is 0.789.